The molecule has 0 aromatic heterocycles. The molecule has 0 aromatic rings. The van der Waals surface area contributed by atoms with Crippen molar-refractivity contribution in [3.8, 4) is 0 Å². The predicted octanol–water partition coefficient (Wildman–Crippen LogP) is 2.80. The number of carboxylic acid groups (broad SMARTS) is 1. The molecule has 0 aliphatic rings. The first-order valence-corrected chi connectivity index (χ1v) is 8.56. The standard InChI is InChI=1S/C18H32O5/c19-14-10-6-4-2-1-3-5-7-11-16(20)15-17(21)12-8-9-13-18(22)23/h1,3,7,11,16-17,19-21H,2,4-6,8-10,12-15H2,(H,22,23). The number of aliphatic hydroxyl groups excluding tert-OH is 3. The summed E-state index contributed by atoms with van der Waals surface area (Å²) in [6.45, 7) is 0.260. The number of hydrogen-bond acceptors (Lipinski definition) is 4. The van der Waals surface area contributed by atoms with Gasteiger partial charge in [-0.2, -0.15) is 0 Å². The van der Waals surface area contributed by atoms with Crippen molar-refractivity contribution in [1.82, 2.24) is 0 Å². The lowest BCUT2D eigenvalue weighted by molar-refractivity contribution is -0.137. The summed E-state index contributed by atoms with van der Waals surface area (Å²) in [6, 6.07) is 0. The molecular weight excluding hydrogens is 296 g/mol. The van der Waals surface area contributed by atoms with E-state index in [9.17, 15) is 15.0 Å². The van der Waals surface area contributed by atoms with E-state index in [4.69, 9.17) is 10.2 Å². The van der Waals surface area contributed by atoms with Gasteiger partial charge in [-0.1, -0.05) is 37.1 Å². The molecule has 0 aliphatic carbocycles. The minimum atomic E-state index is -0.816. The highest BCUT2D eigenvalue weighted by molar-refractivity contribution is 5.66. The molecule has 0 radical (unpaired) electrons. The number of carbonyl (C=O) groups is 1. The van der Waals surface area contributed by atoms with Crippen LogP contribution in [0.2, 0.25) is 0 Å². The van der Waals surface area contributed by atoms with Crippen molar-refractivity contribution in [2.45, 2.75) is 76.4 Å². The van der Waals surface area contributed by atoms with Crippen LogP contribution in [0.3, 0.4) is 0 Å². The summed E-state index contributed by atoms with van der Waals surface area (Å²) in [6.07, 6.45) is 13.4. The molecule has 5 nitrogen and oxygen atoms in total. The predicted molar refractivity (Wildman–Crippen MR) is 91.2 cm³/mol. The van der Waals surface area contributed by atoms with Crippen LogP contribution in [0.1, 0.15) is 64.2 Å². The Kier molecular flexibility index (Phi) is 14.9. The monoisotopic (exact) mass is 328 g/mol. The summed E-state index contributed by atoms with van der Waals surface area (Å²) in [5.74, 6) is -0.816. The molecule has 134 valence electrons. The first-order valence-electron chi connectivity index (χ1n) is 8.56. The van der Waals surface area contributed by atoms with Gasteiger partial charge < -0.3 is 20.4 Å². The maximum absolute atomic E-state index is 10.4. The van der Waals surface area contributed by atoms with Crippen LogP contribution < -0.4 is 0 Å². The van der Waals surface area contributed by atoms with Gasteiger partial charge in [0, 0.05) is 19.4 Å². The van der Waals surface area contributed by atoms with Crippen molar-refractivity contribution in [2.24, 2.45) is 0 Å². The summed E-state index contributed by atoms with van der Waals surface area (Å²) < 4.78 is 0. The average molecular weight is 328 g/mol. The molecule has 0 bridgehead atoms. The molecule has 0 saturated carbocycles. The lowest BCUT2D eigenvalue weighted by Crippen LogP contribution is -2.15. The number of aliphatic carboxylic acids is 1. The normalized spacial score (nSPS) is 14.6. The van der Waals surface area contributed by atoms with Gasteiger partial charge in [0.1, 0.15) is 0 Å². The van der Waals surface area contributed by atoms with E-state index in [0.717, 1.165) is 32.1 Å². The van der Waals surface area contributed by atoms with Crippen LogP contribution in [0, 0.1) is 0 Å². The zero-order valence-corrected chi connectivity index (χ0v) is 13.9. The third kappa shape index (κ3) is 17.0. The number of hydrogen-bond donors (Lipinski definition) is 4. The van der Waals surface area contributed by atoms with Crippen molar-refractivity contribution in [1.29, 1.82) is 0 Å². The van der Waals surface area contributed by atoms with Crippen molar-refractivity contribution >= 4 is 5.97 Å². The van der Waals surface area contributed by atoms with Crippen LogP contribution in [0.25, 0.3) is 0 Å². The molecule has 0 heterocycles. The molecule has 0 amide bonds. The molecule has 2 atom stereocenters. The Labute approximate surface area is 139 Å². The zero-order valence-electron chi connectivity index (χ0n) is 13.9. The molecule has 0 rings (SSSR count). The van der Waals surface area contributed by atoms with E-state index in [1.807, 2.05) is 12.2 Å². The van der Waals surface area contributed by atoms with E-state index in [1.165, 1.54) is 0 Å². The average Bonchev–Trinajstić information content (AvgIpc) is 2.49. The summed E-state index contributed by atoms with van der Waals surface area (Å²) in [7, 11) is 0. The van der Waals surface area contributed by atoms with Crippen LogP contribution >= 0.6 is 0 Å². The number of aliphatic hydroxyl groups is 3. The third-order valence-corrected chi connectivity index (χ3v) is 3.52. The van der Waals surface area contributed by atoms with E-state index in [0.29, 0.717) is 19.3 Å². The lowest BCUT2D eigenvalue weighted by atomic mass is 10.0. The fourth-order valence-corrected chi connectivity index (χ4v) is 2.21. The van der Waals surface area contributed by atoms with Crippen LogP contribution in [0.4, 0.5) is 0 Å². The quantitative estimate of drug-likeness (QED) is 0.274. The van der Waals surface area contributed by atoms with Gasteiger partial charge in [-0.25, -0.2) is 0 Å². The molecule has 0 aliphatic heterocycles. The summed E-state index contributed by atoms with van der Waals surface area (Å²) in [4.78, 5) is 10.4. The molecule has 0 spiro atoms. The fraction of sp³-hybridized carbons (Fsp3) is 0.722. The largest absolute Gasteiger partial charge is 0.481 e. The van der Waals surface area contributed by atoms with E-state index in [-0.39, 0.29) is 19.4 Å². The third-order valence-electron chi connectivity index (χ3n) is 3.52. The van der Waals surface area contributed by atoms with Crippen molar-refractivity contribution in [3.05, 3.63) is 24.3 Å². The highest BCUT2D eigenvalue weighted by atomic mass is 16.4. The summed E-state index contributed by atoms with van der Waals surface area (Å²) in [5.41, 5.74) is 0. The second-order valence-electron chi connectivity index (χ2n) is 5.80. The second-order valence-corrected chi connectivity index (χ2v) is 5.80. The van der Waals surface area contributed by atoms with Gasteiger partial charge in [0.15, 0.2) is 0 Å². The van der Waals surface area contributed by atoms with E-state index in [1.54, 1.807) is 6.08 Å². The van der Waals surface area contributed by atoms with Crippen molar-refractivity contribution in [2.75, 3.05) is 6.61 Å². The van der Waals surface area contributed by atoms with Gasteiger partial charge in [0.2, 0.25) is 0 Å². The topological polar surface area (TPSA) is 98.0 Å². The van der Waals surface area contributed by atoms with Crippen molar-refractivity contribution in [3.63, 3.8) is 0 Å². The second kappa shape index (κ2) is 15.7. The zero-order chi connectivity index (χ0) is 17.3. The SMILES string of the molecule is O=C(O)CCCCC(O)CC(O)C=CCC=CCCCCCO. The summed E-state index contributed by atoms with van der Waals surface area (Å²) >= 11 is 0. The van der Waals surface area contributed by atoms with Crippen LogP contribution in [-0.2, 0) is 4.79 Å². The molecule has 4 N–H and O–H groups in total. The lowest BCUT2D eigenvalue weighted by Gasteiger charge is -2.12. The maximum atomic E-state index is 10.4. The Morgan fingerprint density at radius 2 is 1.74 bits per heavy atom. The molecule has 0 saturated heterocycles. The number of unbranched alkanes of at least 4 members (excludes halogenated alkanes) is 4. The highest BCUT2D eigenvalue weighted by Gasteiger charge is 2.09. The Bertz CT molecular complexity index is 338. The van der Waals surface area contributed by atoms with E-state index >= 15 is 0 Å². The Morgan fingerprint density at radius 1 is 0.957 bits per heavy atom. The molecule has 2 unspecified atom stereocenters. The molecule has 0 aromatic carbocycles. The number of carboxylic acids is 1. The van der Waals surface area contributed by atoms with Crippen molar-refractivity contribution < 1.29 is 25.2 Å². The maximum Gasteiger partial charge on any atom is 0.303 e. The smallest absolute Gasteiger partial charge is 0.303 e. The van der Waals surface area contributed by atoms with Gasteiger partial charge in [-0.15, -0.1) is 0 Å². The number of rotatable bonds is 15. The Morgan fingerprint density at radius 3 is 2.43 bits per heavy atom. The van der Waals surface area contributed by atoms with Crippen LogP contribution in [-0.4, -0.2) is 45.2 Å². The molecule has 23 heavy (non-hydrogen) atoms. The van der Waals surface area contributed by atoms with Crippen LogP contribution in [0.15, 0.2) is 24.3 Å². The van der Waals surface area contributed by atoms with Gasteiger partial charge in [0.05, 0.1) is 12.2 Å². The minimum Gasteiger partial charge on any atom is -0.481 e. The van der Waals surface area contributed by atoms with Gasteiger partial charge >= 0.3 is 5.97 Å². The number of allylic oxidation sites excluding steroid dienone is 3. The minimum absolute atomic E-state index is 0.126. The molecule has 0 fully saturated rings. The first kappa shape index (κ1) is 21.8. The molecule has 5 heteroatoms. The van der Waals surface area contributed by atoms with E-state index < -0.39 is 18.2 Å². The highest BCUT2D eigenvalue weighted by Crippen LogP contribution is 2.10. The van der Waals surface area contributed by atoms with Gasteiger partial charge in [0.25, 0.3) is 0 Å². The van der Waals surface area contributed by atoms with E-state index in [2.05, 4.69) is 6.08 Å². The Balaban J connectivity index is 3.61. The first-order chi connectivity index (χ1) is 11.1. The van der Waals surface area contributed by atoms with Gasteiger partial charge in [-0.05, 0) is 38.5 Å². The van der Waals surface area contributed by atoms with Gasteiger partial charge in [-0.3, -0.25) is 4.79 Å². The molecular formula is C18H32O5. The Hall–Kier alpha value is -1.17. The van der Waals surface area contributed by atoms with Crippen LogP contribution in [0.5, 0.6) is 0 Å². The summed E-state index contributed by atoms with van der Waals surface area (Å²) in [5, 5.41) is 36.7. The fourth-order valence-electron chi connectivity index (χ4n) is 2.21.